The van der Waals surface area contributed by atoms with Gasteiger partial charge in [-0.1, -0.05) is 12.2 Å². The van der Waals surface area contributed by atoms with Gasteiger partial charge in [0.05, 0.1) is 16.1 Å². The first kappa shape index (κ1) is 20.0. The minimum Gasteiger partial charge on any atom is -0.378 e. The molecule has 1 amide bonds. The third-order valence-corrected chi connectivity index (χ3v) is 6.49. The number of amides is 1. The van der Waals surface area contributed by atoms with Gasteiger partial charge >= 0.3 is 6.18 Å². The largest absolute Gasteiger partial charge is 0.433 e. The Bertz CT molecular complexity index is 1210. The van der Waals surface area contributed by atoms with Crippen molar-refractivity contribution in [3.8, 4) is 11.4 Å². The number of imidazole rings is 1. The summed E-state index contributed by atoms with van der Waals surface area (Å²) in [4.78, 5) is 27.4. The van der Waals surface area contributed by atoms with Crippen molar-refractivity contribution in [1.29, 1.82) is 0 Å². The molecule has 2 aliphatic rings. The molecule has 11 heteroatoms. The summed E-state index contributed by atoms with van der Waals surface area (Å²) in [7, 11) is 0. The van der Waals surface area contributed by atoms with E-state index in [4.69, 9.17) is 5.73 Å². The molecule has 31 heavy (non-hydrogen) atoms. The van der Waals surface area contributed by atoms with Crippen molar-refractivity contribution in [2.45, 2.75) is 18.6 Å². The summed E-state index contributed by atoms with van der Waals surface area (Å²) in [5.41, 5.74) is 6.67. The number of aromatic amines is 1. The molecule has 1 saturated carbocycles. The summed E-state index contributed by atoms with van der Waals surface area (Å²) < 4.78 is 39.0. The quantitative estimate of drug-likeness (QED) is 0.478. The molecule has 160 valence electrons. The van der Waals surface area contributed by atoms with Crippen LogP contribution in [-0.2, 0) is 11.0 Å². The molecule has 0 saturated heterocycles. The highest BCUT2D eigenvalue weighted by molar-refractivity contribution is 9.10. The van der Waals surface area contributed by atoms with Gasteiger partial charge in [0.25, 0.3) is 0 Å². The number of anilines is 1. The van der Waals surface area contributed by atoms with Crippen LogP contribution in [0.4, 0.5) is 18.9 Å². The fraction of sp³-hybridized carbons (Fsp3) is 0.300. The fourth-order valence-corrected chi connectivity index (χ4v) is 4.88. The number of fused-ring (bicyclic) bond motifs is 3. The van der Waals surface area contributed by atoms with Crippen LogP contribution in [0.2, 0.25) is 0 Å². The molecule has 3 aromatic heterocycles. The molecule has 2 bridgehead atoms. The standard InChI is InChI=1S/C20H16BrF3N6O/c21-11-7-27-19-16(15(11)28-14-9-2-1-8(5-9)13(14)17(25)31)29-18(30-19)10-3-4-12(26-6-10)20(22,23)24/h1-4,6-9,13-14H,5H2,(H2,25,31)(H2,27,28,29,30)/t8-,9+,13+,14-/m1/s1. The van der Waals surface area contributed by atoms with E-state index in [1.807, 2.05) is 6.08 Å². The van der Waals surface area contributed by atoms with Crippen molar-refractivity contribution in [2.24, 2.45) is 23.5 Å². The lowest BCUT2D eigenvalue weighted by molar-refractivity contribution is -0.141. The Labute approximate surface area is 182 Å². The van der Waals surface area contributed by atoms with Crippen LogP contribution in [-0.4, -0.2) is 31.9 Å². The first-order valence-electron chi connectivity index (χ1n) is 9.54. The second kappa shape index (κ2) is 7.04. The number of nitrogens with zero attached hydrogens (tertiary/aromatic N) is 3. The molecule has 1 fully saturated rings. The number of primary amides is 1. The molecule has 0 spiro atoms. The zero-order valence-electron chi connectivity index (χ0n) is 15.8. The van der Waals surface area contributed by atoms with Crippen molar-refractivity contribution >= 4 is 38.7 Å². The van der Waals surface area contributed by atoms with Crippen LogP contribution in [0.15, 0.2) is 41.2 Å². The Hall–Kier alpha value is -2.95. The van der Waals surface area contributed by atoms with Gasteiger partial charge in [-0.15, -0.1) is 0 Å². The SMILES string of the molecule is NC(=O)[C@@H]1[C@H](Nc2c(Br)cnc3[nH]c(-c4ccc(C(F)(F)F)nc4)nc23)[C@H]2C=C[C@@H]1C2. The molecule has 0 radical (unpaired) electrons. The highest BCUT2D eigenvalue weighted by atomic mass is 79.9. The van der Waals surface area contributed by atoms with E-state index in [2.05, 4.69) is 47.3 Å². The Morgan fingerprint density at radius 3 is 2.65 bits per heavy atom. The number of halogens is 4. The maximum absolute atomic E-state index is 12.8. The maximum Gasteiger partial charge on any atom is 0.433 e. The van der Waals surface area contributed by atoms with E-state index in [1.54, 1.807) is 6.20 Å². The van der Waals surface area contributed by atoms with E-state index in [0.29, 0.717) is 32.7 Å². The van der Waals surface area contributed by atoms with E-state index >= 15 is 0 Å². The summed E-state index contributed by atoms with van der Waals surface area (Å²) >= 11 is 3.48. The second-order valence-corrected chi connectivity index (χ2v) is 8.59. The van der Waals surface area contributed by atoms with Crippen LogP contribution < -0.4 is 11.1 Å². The van der Waals surface area contributed by atoms with Gasteiger partial charge in [-0.3, -0.25) is 9.78 Å². The number of nitrogens with one attached hydrogen (secondary N) is 2. The Balaban J connectivity index is 1.51. The monoisotopic (exact) mass is 492 g/mol. The lowest BCUT2D eigenvalue weighted by Gasteiger charge is -2.28. The molecule has 4 N–H and O–H groups in total. The maximum atomic E-state index is 12.8. The van der Waals surface area contributed by atoms with Gasteiger partial charge in [0.15, 0.2) is 5.65 Å². The van der Waals surface area contributed by atoms with Crippen molar-refractivity contribution in [2.75, 3.05) is 5.32 Å². The molecule has 0 aromatic carbocycles. The summed E-state index contributed by atoms with van der Waals surface area (Å²) in [6.45, 7) is 0. The van der Waals surface area contributed by atoms with Crippen LogP contribution >= 0.6 is 15.9 Å². The minimum absolute atomic E-state index is 0.115. The number of H-pyrrole nitrogens is 1. The summed E-state index contributed by atoms with van der Waals surface area (Å²) in [6, 6.07) is 2.03. The number of allylic oxidation sites excluding steroid dienone is 1. The average molecular weight is 493 g/mol. The van der Waals surface area contributed by atoms with E-state index in [-0.39, 0.29) is 29.7 Å². The summed E-state index contributed by atoms with van der Waals surface area (Å²) in [6.07, 6.45) is 3.20. The highest BCUT2D eigenvalue weighted by Gasteiger charge is 2.47. The fourth-order valence-electron chi connectivity index (χ4n) is 4.48. The van der Waals surface area contributed by atoms with E-state index < -0.39 is 11.9 Å². The number of nitrogens with two attached hydrogens (primary N) is 1. The molecule has 5 rings (SSSR count). The van der Waals surface area contributed by atoms with Gasteiger partial charge in [-0.05, 0) is 46.3 Å². The van der Waals surface area contributed by atoms with Crippen LogP contribution in [0.5, 0.6) is 0 Å². The smallest absolute Gasteiger partial charge is 0.378 e. The van der Waals surface area contributed by atoms with E-state index in [0.717, 1.165) is 18.7 Å². The third-order valence-electron chi connectivity index (χ3n) is 5.89. The average Bonchev–Trinajstić information content (AvgIpc) is 3.43. The van der Waals surface area contributed by atoms with Gasteiger partial charge < -0.3 is 16.0 Å². The summed E-state index contributed by atoms with van der Waals surface area (Å²) in [5, 5.41) is 3.42. The van der Waals surface area contributed by atoms with Crippen LogP contribution in [0, 0.1) is 17.8 Å². The highest BCUT2D eigenvalue weighted by Crippen LogP contribution is 2.46. The Morgan fingerprint density at radius 1 is 1.19 bits per heavy atom. The van der Waals surface area contributed by atoms with E-state index in [1.165, 1.54) is 6.07 Å². The van der Waals surface area contributed by atoms with E-state index in [9.17, 15) is 18.0 Å². The molecule has 3 heterocycles. The van der Waals surface area contributed by atoms with Gasteiger partial charge in [0.2, 0.25) is 5.91 Å². The summed E-state index contributed by atoms with van der Waals surface area (Å²) in [5.74, 6) is -0.0552. The van der Waals surface area contributed by atoms with Crippen molar-refractivity contribution < 1.29 is 18.0 Å². The molecule has 4 atom stereocenters. The van der Waals surface area contributed by atoms with Crippen molar-refractivity contribution in [3.05, 3.63) is 46.8 Å². The van der Waals surface area contributed by atoms with Crippen molar-refractivity contribution in [3.63, 3.8) is 0 Å². The van der Waals surface area contributed by atoms with Gasteiger partial charge in [-0.2, -0.15) is 13.2 Å². The number of hydrogen-bond donors (Lipinski definition) is 3. The number of rotatable bonds is 4. The van der Waals surface area contributed by atoms with Crippen molar-refractivity contribution in [1.82, 2.24) is 19.9 Å². The van der Waals surface area contributed by atoms with Crippen LogP contribution in [0.1, 0.15) is 12.1 Å². The van der Waals surface area contributed by atoms with Gasteiger partial charge in [0.1, 0.15) is 17.0 Å². The molecule has 0 aliphatic heterocycles. The zero-order valence-corrected chi connectivity index (χ0v) is 17.4. The number of alkyl halides is 3. The number of pyridine rings is 2. The topological polar surface area (TPSA) is 110 Å². The minimum atomic E-state index is -4.51. The van der Waals surface area contributed by atoms with Crippen LogP contribution in [0.25, 0.3) is 22.6 Å². The number of aromatic nitrogens is 4. The number of hydrogen-bond acceptors (Lipinski definition) is 5. The zero-order chi connectivity index (χ0) is 21.9. The normalized spacial score (nSPS) is 24.8. The predicted molar refractivity (Wildman–Crippen MR) is 111 cm³/mol. The molecule has 3 aromatic rings. The molecular formula is C20H16BrF3N6O. The molecule has 0 unspecified atom stereocenters. The van der Waals surface area contributed by atoms with Gasteiger partial charge in [-0.25, -0.2) is 9.97 Å². The number of carbonyl (C=O) groups excluding carboxylic acids is 1. The Kier molecular flexibility index (Phi) is 4.54. The Morgan fingerprint density at radius 2 is 1.97 bits per heavy atom. The molecule has 2 aliphatic carbocycles. The van der Waals surface area contributed by atoms with Gasteiger partial charge in [0, 0.05) is 24.0 Å². The first-order chi connectivity index (χ1) is 14.7. The number of carbonyl (C=O) groups is 1. The molecular weight excluding hydrogens is 477 g/mol. The second-order valence-electron chi connectivity index (χ2n) is 7.74. The molecule has 7 nitrogen and oxygen atoms in total. The lowest BCUT2D eigenvalue weighted by Crippen LogP contribution is -2.41. The third kappa shape index (κ3) is 3.36. The predicted octanol–water partition coefficient (Wildman–Crippen LogP) is 3.89. The van der Waals surface area contributed by atoms with Crippen LogP contribution in [0.3, 0.4) is 0 Å². The lowest BCUT2D eigenvalue weighted by atomic mass is 9.88. The first-order valence-corrected chi connectivity index (χ1v) is 10.3.